The van der Waals surface area contributed by atoms with Gasteiger partial charge < -0.3 is 24.1 Å². The van der Waals surface area contributed by atoms with Crippen LogP contribution >= 0.6 is 0 Å². The molecule has 0 aliphatic carbocycles. The van der Waals surface area contributed by atoms with E-state index in [1.54, 1.807) is 20.3 Å². The highest BCUT2D eigenvalue weighted by Gasteiger charge is 2.22. The van der Waals surface area contributed by atoms with E-state index in [-0.39, 0.29) is 6.04 Å². The zero-order valence-electron chi connectivity index (χ0n) is 12.0. The van der Waals surface area contributed by atoms with Gasteiger partial charge in [0.25, 0.3) is 0 Å². The van der Waals surface area contributed by atoms with Crippen molar-refractivity contribution in [3.05, 3.63) is 24.1 Å². The van der Waals surface area contributed by atoms with Crippen molar-refractivity contribution in [3.63, 3.8) is 0 Å². The fraction of sp³-hybridized carbons (Fsp3) is 0.429. The lowest BCUT2D eigenvalue weighted by atomic mass is 10.2. The summed E-state index contributed by atoms with van der Waals surface area (Å²) in [6.07, 6.45) is 0. The van der Waals surface area contributed by atoms with E-state index < -0.39 is 0 Å². The van der Waals surface area contributed by atoms with Gasteiger partial charge in [0.05, 0.1) is 27.4 Å². The Morgan fingerprint density at radius 3 is 2.57 bits per heavy atom. The monoisotopic (exact) mass is 291 g/mol. The number of aromatic nitrogens is 2. The summed E-state index contributed by atoms with van der Waals surface area (Å²) in [5.74, 6) is 2.37. The number of rotatable bonds is 4. The van der Waals surface area contributed by atoms with Gasteiger partial charge >= 0.3 is 0 Å². The van der Waals surface area contributed by atoms with Crippen LogP contribution in [0.5, 0.6) is 11.5 Å². The van der Waals surface area contributed by atoms with Crippen LogP contribution in [0.1, 0.15) is 11.9 Å². The highest BCUT2D eigenvalue weighted by Crippen LogP contribution is 2.28. The predicted octanol–water partition coefficient (Wildman–Crippen LogP) is 1.41. The largest absolute Gasteiger partial charge is 0.497 e. The highest BCUT2D eigenvalue weighted by molar-refractivity contribution is 5.60. The van der Waals surface area contributed by atoms with Gasteiger partial charge in [-0.15, -0.1) is 0 Å². The molecule has 1 saturated heterocycles. The zero-order chi connectivity index (χ0) is 14.7. The molecule has 3 rings (SSSR count). The average molecular weight is 291 g/mol. The fourth-order valence-electron chi connectivity index (χ4n) is 2.15. The summed E-state index contributed by atoms with van der Waals surface area (Å²) in [5.41, 5.74) is 0.776. The van der Waals surface area contributed by atoms with Crippen LogP contribution in [0.15, 0.2) is 22.7 Å². The van der Waals surface area contributed by atoms with Gasteiger partial charge in [-0.25, -0.2) is 0 Å². The Morgan fingerprint density at radius 2 is 1.95 bits per heavy atom. The number of morpholine rings is 1. The molecule has 1 unspecified atom stereocenters. The van der Waals surface area contributed by atoms with Crippen LogP contribution in [0.25, 0.3) is 11.4 Å². The van der Waals surface area contributed by atoms with Crippen molar-refractivity contribution in [1.82, 2.24) is 15.5 Å². The Bertz CT molecular complexity index is 586. The van der Waals surface area contributed by atoms with Crippen molar-refractivity contribution >= 4 is 0 Å². The molecule has 1 fully saturated rings. The molecule has 1 N–H and O–H groups in total. The molecule has 0 saturated carbocycles. The van der Waals surface area contributed by atoms with Gasteiger partial charge in [0, 0.05) is 18.2 Å². The van der Waals surface area contributed by atoms with E-state index in [0.717, 1.165) is 12.1 Å². The Kier molecular flexibility index (Phi) is 4.03. The summed E-state index contributed by atoms with van der Waals surface area (Å²) in [6.45, 7) is 2.00. The van der Waals surface area contributed by atoms with Crippen molar-refractivity contribution in [2.75, 3.05) is 34.0 Å². The molecule has 7 heteroatoms. The number of methoxy groups -OCH3 is 2. The van der Waals surface area contributed by atoms with Gasteiger partial charge in [-0.3, -0.25) is 0 Å². The Morgan fingerprint density at radius 1 is 1.19 bits per heavy atom. The fourth-order valence-corrected chi connectivity index (χ4v) is 2.15. The molecule has 21 heavy (non-hydrogen) atoms. The van der Waals surface area contributed by atoms with Crippen LogP contribution in [-0.4, -0.2) is 44.1 Å². The van der Waals surface area contributed by atoms with Gasteiger partial charge in [0.2, 0.25) is 11.7 Å². The lowest BCUT2D eigenvalue weighted by Gasteiger charge is -2.20. The average Bonchev–Trinajstić information content (AvgIpc) is 3.05. The molecule has 1 aromatic carbocycles. The quantitative estimate of drug-likeness (QED) is 0.912. The van der Waals surface area contributed by atoms with Crippen molar-refractivity contribution in [3.8, 4) is 22.9 Å². The molecule has 0 radical (unpaired) electrons. The summed E-state index contributed by atoms with van der Waals surface area (Å²) < 4.78 is 21.2. The van der Waals surface area contributed by atoms with E-state index >= 15 is 0 Å². The van der Waals surface area contributed by atoms with Gasteiger partial charge in [-0.1, -0.05) is 5.16 Å². The molecule has 2 heterocycles. The minimum atomic E-state index is -0.0625. The third-order valence-electron chi connectivity index (χ3n) is 3.27. The van der Waals surface area contributed by atoms with Crippen LogP contribution in [-0.2, 0) is 4.74 Å². The normalized spacial score (nSPS) is 18.5. The van der Waals surface area contributed by atoms with Crippen LogP contribution in [0, 0.1) is 0 Å². The van der Waals surface area contributed by atoms with Crippen LogP contribution in [0.4, 0.5) is 0 Å². The molecule has 112 valence electrons. The lowest BCUT2D eigenvalue weighted by molar-refractivity contribution is 0.0659. The number of nitrogens with one attached hydrogen (secondary N) is 1. The first-order chi connectivity index (χ1) is 10.3. The number of nitrogens with zero attached hydrogens (tertiary/aromatic N) is 2. The second-order valence-corrected chi connectivity index (χ2v) is 4.64. The molecule has 1 aliphatic heterocycles. The minimum Gasteiger partial charge on any atom is -0.497 e. The molecule has 1 atom stereocenters. The first-order valence-electron chi connectivity index (χ1n) is 6.68. The Hall–Kier alpha value is -2.12. The molecular formula is C14H17N3O4. The highest BCUT2D eigenvalue weighted by atomic mass is 16.5. The van der Waals surface area contributed by atoms with Crippen molar-refractivity contribution in [2.45, 2.75) is 6.04 Å². The topological polar surface area (TPSA) is 78.6 Å². The van der Waals surface area contributed by atoms with Crippen LogP contribution in [0.2, 0.25) is 0 Å². The molecule has 1 aliphatic rings. The molecule has 0 bridgehead atoms. The van der Waals surface area contributed by atoms with E-state index in [0.29, 0.717) is 36.4 Å². The van der Waals surface area contributed by atoms with E-state index in [4.69, 9.17) is 18.7 Å². The summed E-state index contributed by atoms with van der Waals surface area (Å²) in [5, 5.41) is 7.29. The zero-order valence-corrected chi connectivity index (χ0v) is 12.0. The predicted molar refractivity (Wildman–Crippen MR) is 74.4 cm³/mol. The Labute approximate surface area is 122 Å². The van der Waals surface area contributed by atoms with E-state index in [1.165, 1.54) is 0 Å². The molecule has 0 spiro atoms. The summed E-state index contributed by atoms with van der Waals surface area (Å²) >= 11 is 0. The molecule has 1 aromatic heterocycles. The van der Waals surface area contributed by atoms with E-state index in [2.05, 4.69) is 15.5 Å². The standard InChI is InChI=1S/C14H17N3O4/c1-18-10-5-9(6-11(7-10)19-2)13-16-14(21-17-13)12-8-20-4-3-15-12/h5-7,12,15H,3-4,8H2,1-2H3. The minimum absolute atomic E-state index is 0.0625. The summed E-state index contributed by atoms with van der Waals surface area (Å²) in [6, 6.07) is 5.40. The Balaban J connectivity index is 1.88. The lowest BCUT2D eigenvalue weighted by Crippen LogP contribution is -2.34. The third-order valence-corrected chi connectivity index (χ3v) is 3.27. The number of benzene rings is 1. The molecule has 2 aromatic rings. The first kappa shape index (κ1) is 13.8. The van der Waals surface area contributed by atoms with Gasteiger partial charge in [0.15, 0.2) is 0 Å². The first-order valence-corrected chi connectivity index (χ1v) is 6.68. The number of ether oxygens (including phenoxy) is 3. The SMILES string of the molecule is COc1cc(OC)cc(-c2noc(C3COCCN3)n2)c1. The van der Waals surface area contributed by atoms with E-state index in [9.17, 15) is 0 Å². The number of hydrogen-bond donors (Lipinski definition) is 1. The maximum atomic E-state index is 5.39. The van der Waals surface area contributed by atoms with Crippen molar-refractivity contribution < 1.29 is 18.7 Å². The second kappa shape index (κ2) is 6.11. The molecular weight excluding hydrogens is 274 g/mol. The second-order valence-electron chi connectivity index (χ2n) is 4.64. The van der Waals surface area contributed by atoms with Crippen LogP contribution < -0.4 is 14.8 Å². The molecule has 7 nitrogen and oxygen atoms in total. The summed E-state index contributed by atoms with van der Waals surface area (Å²) in [7, 11) is 3.20. The van der Waals surface area contributed by atoms with Gasteiger partial charge in [-0.2, -0.15) is 4.98 Å². The smallest absolute Gasteiger partial charge is 0.246 e. The maximum Gasteiger partial charge on any atom is 0.246 e. The van der Waals surface area contributed by atoms with E-state index in [1.807, 2.05) is 12.1 Å². The van der Waals surface area contributed by atoms with Crippen molar-refractivity contribution in [1.29, 1.82) is 0 Å². The number of hydrogen-bond acceptors (Lipinski definition) is 7. The van der Waals surface area contributed by atoms with Crippen LogP contribution in [0.3, 0.4) is 0 Å². The van der Waals surface area contributed by atoms with Gasteiger partial charge in [0.1, 0.15) is 17.5 Å². The van der Waals surface area contributed by atoms with Crippen molar-refractivity contribution in [2.24, 2.45) is 0 Å². The third kappa shape index (κ3) is 2.98. The molecule has 0 amide bonds. The van der Waals surface area contributed by atoms with Gasteiger partial charge in [-0.05, 0) is 12.1 Å². The maximum absolute atomic E-state index is 5.39. The summed E-state index contributed by atoms with van der Waals surface area (Å²) in [4.78, 5) is 4.42.